The van der Waals surface area contributed by atoms with Crippen molar-refractivity contribution in [3.05, 3.63) is 35.9 Å². The first-order valence-corrected chi connectivity index (χ1v) is 6.21. The minimum absolute atomic E-state index is 0.0337. The van der Waals surface area contributed by atoms with Gasteiger partial charge in [-0.15, -0.1) is 0 Å². The molecule has 0 saturated carbocycles. The zero-order valence-corrected chi connectivity index (χ0v) is 11.3. The van der Waals surface area contributed by atoms with Gasteiger partial charge in [0.15, 0.2) is 0 Å². The van der Waals surface area contributed by atoms with Gasteiger partial charge in [0.25, 0.3) is 0 Å². The van der Waals surface area contributed by atoms with E-state index in [0.717, 1.165) is 5.56 Å². The van der Waals surface area contributed by atoms with Crippen molar-refractivity contribution in [3.63, 3.8) is 0 Å². The molecule has 0 unspecified atom stereocenters. The number of carbonyl (C=O) groups is 2. The second kappa shape index (κ2) is 6.78. The Labute approximate surface area is 113 Å². The molecule has 1 rings (SSSR count). The van der Waals surface area contributed by atoms with Crippen LogP contribution < -0.4 is 10.6 Å². The molecule has 104 valence electrons. The summed E-state index contributed by atoms with van der Waals surface area (Å²) >= 11 is 0. The van der Waals surface area contributed by atoms with Crippen molar-refractivity contribution in [1.82, 2.24) is 10.6 Å². The van der Waals surface area contributed by atoms with Gasteiger partial charge in [0.1, 0.15) is 0 Å². The summed E-state index contributed by atoms with van der Waals surface area (Å²) in [4.78, 5) is 22.2. The number of nitrogens with one attached hydrogen (secondary N) is 2. The fourth-order valence-electron chi connectivity index (χ4n) is 1.61. The SMILES string of the molecule is CC(C)(CCC(=O)O)NC(=O)NCc1ccccc1. The molecule has 5 heteroatoms. The van der Waals surface area contributed by atoms with Crippen LogP contribution in [0, 0.1) is 0 Å². The maximum Gasteiger partial charge on any atom is 0.315 e. The molecule has 0 bridgehead atoms. The first-order chi connectivity index (χ1) is 8.89. The second-order valence-corrected chi connectivity index (χ2v) is 5.07. The Balaban J connectivity index is 2.36. The Morgan fingerprint density at radius 2 is 1.84 bits per heavy atom. The van der Waals surface area contributed by atoms with Crippen LogP contribution in [0.5, 0.6) is 0 Å². The summed E-state index contributed by atoms with van der Waals surface area (Å²) in [6.07, 6.45) is 0.424. The Kier molecular flexibility index (Phi) is 5.36. The molecule has 1 aromatic rings. The van der Waals surface area contributed by atoms with E-state index in [1.807, 2.05) is 30.3 Å². The van der Waals surface area contributed by atoms with Crippen LogP contribution in [-0.4, -0.2) is 22.6 Å². The van der Waals surface area contributed by atoms with Crippen LogP contribution in [0.4, 0.5) is 4.79 Å². The highest BCUT2D eigenvalue weighted by molar-refractivity contribution is 5.74. The molecular formula is C14H20N2O3. The highest BCUT2D eigenvalue weighted by Gasteiger charge is 2.21. The van der Waals surface area contributed by atoms with Crippen molar-refractivity contribution < 1.29 is 14.7 Å². The van der Waals surface area contributed by atoms with Crippen molar-refractivity contribution >= 4 is 12.0 Å². The molecule has 0 aliphatic heterocycles. The molecule has 0 aromatic heterocycles. The number of rotatable bonds is 6. The summed E-state index contributed by atoms with van der Waals surface area (Å²) in [5, 5.41) is 14.1. The van der Waals surface area contributed by atoms with E-state index < -0.39 is 11.5 Å². The van der Waals surface area contributed by atoms with Crippen LogP contribution in [0.25, 0.3) is 0 Å². The molecule has 0 atom stereocenters. The molecule has 0 saturated heterocycles. The number of aliphatic carboxylic acids is 1. The third kappa shape index (κ3) is 6.45. The summed E-state index contributed by atoms with van der Waals surface area (Å²) < 4.78 is 0. The number of amides is 2. The topological polar surface area (TPSA) is 78.4 Å². The highest BCUT2D eigenvalue weighted by Crippen LogP contribution is 2.10. The molecule has 0 aliphatic rings. The monoisotopic (exact) mass is 264 g/mol. The third-order valence-electron chi connectivity index (χ3n) is 2.71. The highest BCUT2D eigenvalue weighted by atomic mass is 16.4. The Morgan fingerprint density at radius 1 is 1.21 bits per heavy atom. The molecule has 5 nitrogen and oxygen atoms in total. The lowest BCUT2D eigenvalue weighted by molar-refractivity contribution is -0.137. The van der Waals surface area contributed by atoms with E-state index in [2.05, 4.69) is 10.6 Å². The van der Waals surface area contributed by atoms with E-state index >= 15 is 0 Å². The number of urea groups is 1. The van der Waals surface area contributed by atoms with E-state index in [1.165, 1.54) is 0 Å². The molecule has 0 fully saturated rings. The number of benzene rings is 1. The van der Waals surface area contributed by atoms with Crippen LogP contribution in [0.15, 0.2) is 30.3 Å². The molecule has 2 amide bonds. The van der Waals surface area contributed by atoms with Gasteiger partial charge in [-0.25, -0.2) is 4.79 Å². The van der Waals surface area contributed by atoms with Gasteiger partial charge in [0, 0.05) is 18.5 Å². The summed E-state index contributed by atoms with van der Waals surface area (Å²) in [7, 11) is 0. The van der Waals surface area contributed by atoms with E-state index in [-0.39, 0.29) is 12.5 Å². The fraction of sp³-hybridized carbons (Fsp3) is 0.429. The van der Waals surface area contributed by atoms with Crippen LogP contribution in [-0.2, 0) is 11.3 Å². The largest absolute Gasteiger partial charge is 0.481 e. The lowest BCUT2D eigenvalue weighted by atomic mass is 9.99. The Bertz CT molecular complexity index is 430. The summed E-state index contributed by atoms with van der Waals surface area (Å²) in [6.45, 7) is 4.05. The molecule has 1 aromatic carbocycles. The van der Waals surface area contributed by atoms with Crippen LogP contribution >= 0.6 is 0 Å². The van der Waals surface area contributed by atoms with E-state index in [9.17, 15) is 9.59 Å². The maximum atomic E-state index is 11.7. The standard InChI is InChI=1S/C14H20N2O3/c1-14(2,9-8-12(17)18)16-13(19)15-10-11-6-4-3-5-7-11/h3-7H,8-10H2,1-2H3,(H,17,18)(H2,15,16,19). The Morgan fingerprint density at radius 3 is 2.42 bits per heavy atom. The van der Waals surface area contributed by atoms with Crippen molar-refractivity contribution in [2.75, 3.05) is 0 Å². The predicted molar refractivity (Wildman–Crippen MR) is 72.8 cm³/mol. The summed E-state index contributed by atoms with van der Waals surface area (Å²) in [5.74, 6) is -0.862. The predicted octanol–water partition coefficient (Wildman–Crippen LogP) is 2.13. The summed E-state index contributed by atoms with van der Waals surface area (Å²) in [5.41, 5.74) is 0.472. The first-order valence-electron chi connectivity index (χ1n) is 6.21. The second-order valence-electron chi connectivity index (χ2n) is 5.07. The van der Waals surface area contributed by atoms with Gasteiger partial charge in [0.2, 0.25) is 0 Å². The maximum absolute atomic E-state index is 11.7. The van der Waals surface area contributed by atoms with Crippen molar-refractivity contribution in [1.29, 1.82) is 0 Å². The molecule has 0 spiro atoms. The van der Waals surface area contributed by atoms with Gasteiger partial charge in [-0.1, -0.05) is 30.3 Å². The average molecular weight is 264 g/mol. The molecule has 19 heavy (non-hydrogen) atoms. The van der Waals surface area contributed by atoms with Crippen LogP contribution in [0.2, 0.25) is 0 Å². The van der Waals surface area contributed by atoms with E-state index in [4.69, 9.17) is 5.11 Å². The zero-order valence-electron chi connectivity index (χ0n) is 11.3. The number of carbonyl (C=O) groups excluding carboxylic acids is 1. The lowest BCUT2D eigenvalue weighted by Gasteiger charge is -2.25. The smallest absolute Gasteiger partial charge is 0.315 e. The molecule has 3 N–H and O–H groups in total. The van der Waals surface area contributed by atoms with E-state index in [1.54, 1.807) is 13.8 Å². The minimum Gasteiger partial charge on any atom is -0.481 e. The molecule has 0 aliphatic carbocycles. The molecule has 0 heterocycles. The third-order valence-corrected chi connectivity index (χ3v) is 2.71. The van der Waals surface area contributed by atoms with Gasteiger partial charge in [0.05, 0.1) is 0 Å². The van der Waals surface area contributed by atoms with Crippen molar-refractivity contribution in [3.8, 4) is 0 Å². The fourth-order valence-corrected chi connectivity index (χ4v) is 1.61. The van der Waals surface area contributed by atoms with Crippen LogP contribution in [0.3, 0.4) is 0 Å². The van der Waals surface area contributed by atoms with Crippen molar-refractivity contribution in [2.45, 2.75) is 38.8 Å². The molecule has 0 radical (unpaired) electrons. The quantitative estimate of drug-likeness (QED) is 0.736. The van der Waals surface area contributed by atoms with Gasteiger partial charge in [-0.05, 0) is 25.8 Å². The molecular weight excluding hydrogens is 244 g/mol. The van der Waals surface area contributed by atoms with Crippen molar-refractivity contribution in [2.24, 2.45) is 0 Å². The summed E-state index contributed by atoms with van der Waals surface area (Å²) in [6, 6.07) is 9.29. The van der Waals surface area contributed by atoms with Gasteiger partial charge >= 0.3 is 12.0 Å². The van der Waals surface area contributed by atoms with Gasteiger partial charge in [-0.2, -0.15) is 0 Å². The van der Waals surface area contributed by atoms with Gasteiger partial charge in [-0.3, -0.25) is 4.79 Å². The normalized spacial score (nSPS) is 10.8. The van der Waals surface area contributed by atoms with Crippen LogP contribution in [0.1, 0.15) is 32.3 Å². The number of carboxylic acids is 1. The lowest BCUT2D eigenvalue weighted by Crippen LogP contribution is -2.48. The van der Waals surface area contributed by atoms with E-state index in [0.29, 0.717) is 13.0 Å². The van der Waals surface area contributed by atoms with Gasteiger partial charge < -0.3 is 15.7 Å². The minimum atomic E-state index is -0.862. The number of hydrogen-bond acceptors (Lipinski definition) is 2. The number of carboxylic acid groups (broad SMARTS) is 1. The zero-order chi connectivity index (χ0) is 14.3. The Hall–Kier alpha value is -2.04. The average Bonchev–Trinajstić information content (AvgIpc) is 2.35. The number of hydrogen-bond donors (Lipinski definition) is 3. The first kappa shape index (κ1) is 15.0.